The van der Waals surface area contributed by atoms with Crippen molar-refractivity contribution in [3.8, 4) is 5.75 Å². The molecule has 0 saturated heterocycles. The minimum Gasteiger partial charge on any atom is -0.544 e. The van der Waals surface area contributed by atoms with E-state index in [4.69, 9.17) is 4.43 Å². The summed E-state index contributed by atoms with van der Waals surface area (Å²) in [6.45, 7) is 5.52. The van der Waals surface area contributed by atoms with E-state index in [1.54, 1.807) is 0 Å². The maximum Gasteiger partial charge on any atom is 0.419 e. The van der Waals surface area contributed by atoms with Gasteiger partial charge in [0.05, 0.1) is 5.56 Å². The van der Waals surface area contributed by atoms with E-state index in [2.05, 4.69) is 15.9 Å². The molecular formula is C10H12BrF3OSi. The Morgan fingerprint density at radius 1 is 1.19 bits per heavy atom. The standard InChI is InChI=1S/C10H12BrF3OSi/c1-16(2,3)15-9-6-7(11)4-5-8(9)10(12,13)14/h4-6H,1-3H3. The molecule has 0 atom stereocenters. The second-order valence-electron chi connectivity index (χ2n) is 4.35. The van der Waals surface area contributed by atoms with E-state index in [-0.39, 0.29) is 5.75 Å². The Balaban J connectivity index is 3.19. The van der Waals surface area contributed by atoms with Crippen molar-refractivity contribution < 1.29 is 17.6 Å². The van der Waals surface area contributed by atoms with Crippen molar-refractivity contribution in [1.29, 1.82) is 0 Å². The van der Waals surface area contributed by atoms with E-state index in [0.717, 1.165) is 6.07 Å². The lowest BCUT2D eigenvalue weighted by Crippen LogP contribution is -2.30. The van der Waals surface area contributed by atoms with Gasteiger partial charge in [-0.2, -0.15) is 13.2 Å². The zero-order chi connectivity index (χ0) is 12.6. The lowest BCUT2D eigenvalue weighted by molar-refractivity contribution is -0.138. The number of halogens is 4. The van der Waals surface area contributed by atoms with Crippen LogP contribution in [0.5, 0.6) is 5.75 Å². The normalized spacial score (nSPS) is 12.7. The zero-order valence-electron chi connectivity index (χ0n) is 9.15. The van der Waals surface area contributed by atoms with E-state index in [1.807, 2.05) is 19.6 Å². The van der Waals surface area contributed by atoms with Crippen LogP contribution in [0.4, 0.5) is 13.2 Å². The summed E-state index contributed by atoms with van der Waals surface area (Å²) in [6, 6.07) is 3.75. The second kappa shape index (κ2) is 4.41. The molecular weight excluding hydrogens is 301 g/mol. The molecule has 1 aromatic rings. The van der Waals surface area contributed by atoms with Crippen LogP contribution in [-0.2, 0) is 6.18 Å². The van der Waals surface area contributed by atoms with Crippen LogP contribution >= 0.6 is 15.9 Å². The van der Waals surface area contributed by atoms with E-state index in [1.165, 1.54) is 12.1 Å². The van der Waals surface area contributed by atoms with Crippen LogP contribution in [-0.4, -0.2) is 8.32 Å². The first-order valence-electron chi connectivity index (χ1n) is 4.65. The minimum atomic E-state index is -4.38. The zero-order valence-corrected chi connectivity index (χ0v) is 11.7. The Hall–Kier alpha value is -0.493. The molecule has 1 aromatic carbocycles. The number of hydrogen-bond acceptors (Lipinski definition) is 1. The average Bonchev–Trinajstić information content (AvgIpc) is 1.97. The predicted octanol–water partition coefficient (Wildman–Crippen LogP) is 4.68. The van der Waals surface area contributed by atoms with Gasteiger partial charge >= 0.3 is 6.18 Å². The summed E-state index contributed by atoms with van der Waals surface area (Å²) in [4.78, 5) is 0. The highest BCUT2D eigenvalue weighted by atomic mass is 79.9. The third-order valence-corrected chi connectivity index (χ3v) is 2.99. The summed E-state index contributed by atoms with van der Waals surface area (Å²) in [5.74, 6) is -0.0963. The molecule has 0 spiro atoms. The van der Waals surface area contributed by atoms with Gasteiger partial charge in [-0.25, -0.2) is 0 Å². The Labute approximate surface area is 102 Å². The number of alkyl halides is 3. The highest BCUT2D eigenvalue weighted by Gasteiger charge is 2.35. The largest absolute Gasteiger partial charge is 0.544 e. The molecule has 1 nitrogen and oxygen atoms in total. The Bertz CT molecular complexity index is 385. The number of rotatable bonds is 2. The van der Waals surface area contributed by atoms with Crippen LogP contribution in [0.1, 0.15) is 5.56 Å². The van der Waals surface area contributed by atoms with Crippen molar-refractivity contribution in [2.45, 2.75) is 25.8 Å². The van der Waals surface area contributed by atoms with Gasteiger partial charge in [0.15, 0.2) is 0 Å². The van der Waals surface area contributed by atoms with Crippen molar-refractivity contribution in [2.24, 2.45) is 0 Å². The summed E-state index contributed by atoms with van der Waals surface area (Å²) in [5, 5.41) is 0. The fourth-order valence-electron chi connectivity index (χ4n) is 1.14. The van der Waals surface area contributed by atoms with Gasteiger partial charge in [0.2, 0.25) is 8.32 Å². The summed E-state index contributed by atoms with van der Waals surface area (Å²) < 4.78 is 44.0. The lowest BCUT2D eigenvalue weighted by Gasteiger charge is -2.22. The molecule has 0 saturated carbocycles. The molecule has 0 radical (unpaired) electrons. The van der Waals surface area contributed by atoms with Crippen LogP contribution in [0, 0.1) is 0 Å². The third kappa shape index (κ3) is 3.82. The number of benzene rings is 1. The van der Waals surface area contributed by atoms with Crippen LogP contribution in [0.3, 0.4) is 0 Å². The topological polar surface area (TPSA) is 9.23 Å². The first kappa shape index (κ1) is 13.6. The number of hydrogen-bond donors (Lipinski definition) is 0. The minimum absolute atomic E-state index is 0.0963. The van der Waals surface area contributed by atoms with E-state index in [9.17, 15) is 13.2 Å². The monoisotopic (exact) mass is 312 g/mol. The fraction of sp³-hybridized carbons (Fsp3) is 0.400. The van der Waals surface area contributed by atoms with Gasteiger partial charge in [-0.15, -0.1) is 0 Å². The summed E-state index contributed by atoms with van der Waals surface area (Å²) in [5.41, 5.74) is -0.724. The molecule has 0 aliphatic carbocycles. The maximum atomic E-state index is 12.7. The van der Waals surface area contributed by atoms with Gasteiger partial charge in [-0.1, -0.05) is 15.9 Å². The highest BCUT2D eigenvalue weighted by Crippen LogP contribution is 2.38. The van der Waals surface area contributed by atoms with E-state index >= 15 is 0 Å². The van der Waals surface area contributed by atoms with Crippen molar-refractivity contribution in [3.05, 3.63) is 28.2 Å². The average molecular weight is 313 g/mol. The van der Waals surface area contributed by atoms with Gasteiger partial charge in [-0.3, -0.25) is 0 Å². The SMILES string of the molecule is C[Si](C)(C)Oc1cc(Br)ccc1C(F)(F)F. The molecule has 0 aliphatic rings. The molecule has 0 heterocycles. The van der Waals surface area contributed by atoms with E-state index < -0.39 is 20.1 Å². The maximum absolute atomic E-state index is 12.7. The molecule has 1 rings (SSSR count). The van der Waals surface area contributed by atoms with Crippen molar-refractivity contribution in [3.63, 3.8) is 0 Å². The fourth-order valence-corrected chi connectivity index (χ4v) is 2.31. The summed E-state index contributed by atoms with van der Waals surface area (Å²) in [6.07, 6.45) is -4.38. The van der Waals surface area contributed by atoms with E-state index in [0.29, 0.717) is 4.47 Å². The molecule has 90 valence electrons. The molecule has 0 fully saturated rings. The third-order valence-electron chi connectivity index (χ3n) is 1.67. The van der Waals surface area contributed by atoms with Crippen LogP contribution < -0.4 is 4.43 Å². The molecule has 0 aliphatic heterocycles. The predicted molar refractivity (Wildman–Crippen MR) is 63.1 cm³/mol. The van der Waals surface area contributed by atoms with Crippen molar-refractivity contribution in [1.82, 2.24) is 0 Å². The first-order valence-corrected chi connectivity index (χ1v) is 8.85. The molecule has 16 heavy (non-hydrogen) atoms. The van der Waals surface area contributed by atoms with Crippen molar-refractivity contribution in [2.75, 3.05) is 0 Å². The summed E-state index contributed by atoms with van der Waals surface area (Å²) in [7, 11) is -2.05. The van der Waals surface area contributed by atoms with Gasteiger partial charge in [0, 0.05) is 4.47 Å². The molecule has 0 N–H and O–H groups in total. The molecule has 0 aromatic heterocycles. The quantitative estimate of drug-likeness (QED) is 0.720. The van der Waals surface area contributed by atoms with Crippen molar-refractivity contribution >= 4 is 24.2 Å². The second-order valence-corrected chi connectivity index (χ2v) is 9.70. The van der Waals surface area contributed by atoms with Crippen LogP contribution in [0.2, 0.25) is 19.6 Å². The lowest BCUT2D eigenvalue weighted by atomic mass is 10.2. The summed E-state index contributed by atoms with van der Waals surface area (Å²) >= 11 is 3.14. The van der Waals surface area contributed by atoms with Crippen LogP contribution in [0.25, 0.3) is 0 Å². The Morgan fingerprint density at radius 2 is 1.75 bits per heavy atom. The molecule has 0 amide bonds. The van der Waals surface area contributed by atoms with Gasteiger partial charge < -0.3 is 4.43 Å². The molecule has 0 unspecified atom stereocenters. The Kier molecular flexibility index (Phi) is 3.74. The first-order chi connectivity index (χ1) is 7.09. The smallest absolute Gasteiger partial charge is 0.419 e. The van der Waals surface area contributed by atoms with Gasteiger partial charge in [0.1, 0.15) is 5.75 Å². The van der Waals surface area contributed by atoms with Gasteiger partial charge in [-0.05, 0) is 37.8 Å². The highest BCUT2D eigenvalue weighted by molar-refractivity contribution is 9.10. The Morgan fingerprint density at radius 3 is 2.19 bits per heavy atom. The van der Waals surface area contributed by atoms with Gasteiger partial charge in [0.25, 0.3) is 0 Å². The molecule has 6 heteroatoms. The van der Waals surface area contributed by atoms with Crippen LogP contribution in [0.15, 0.2) is 22.7 Å². The molecule has 0 bridgehead atoms.